The van der Waals surface area contributed by atoms with E-state index in [1.807, 2.05) is 36.4 Å². The maximum absolute atomic E-state index is 12.9. The van der Waals surface area contributed by atoms with Gasteiger partial charge in [-0.2, -0.15) is 0 Å². The second kappa shape index (κ2) is 8.66. The number of carbonyl (C=O) groups is 1. The Morgan fingerprint density at radius 3 is 2.71 bits per heavy atom. The van der Waals surface area contributed by atoms with E-state index in [0.717, 1.165) is 49.5 Å². The molecule has 0 aromatic heterocycles. The molecule has 2 aromatic rings. The van der Waals surface area contributed by atoms with E-state index in [2.05, 4.69) is 28.4 Å². The monoisotopic (exact) mass is 418 g/mol. The predicted molar refractivity (Wildman–Crippen MR) is 123 cm³/mol. The second-order valence-corrected chi connectivity index (χ2v) is 9.86. The number of benzene rings is 2. The first-order chi connectivity index (χ1) is 15.2. The highest BCUT2D eigenvalue weighted by Crippen LogP contribution is 2.50. The number of rotatable bonds is 6. The van der Waals surface area contributed by atoms with Gasteiger partial charge in [0, 0.05) is 30.1 Å². The number of nitrogens with one attached hydrogen (secondary N) is 1. The highest BCUT2D eigenvalue weighted by atomic mass is 16.5. The van der Waals surface area contributed by atoms with Gasteiger partial charge in [-0.1, -0.05) is 30.3 Å². The summed E-state index contributed by atoms with van der Waals surface area (Å²) in [4.78, 5) is 15.6. The summed E-state index contributed by atoms with van der Waals surface area (Å²) in [7, 11) is 1.75. The lowest BCUT2D eigenvalue weighted by molar-refractivity contribution is 0.0403. The van der Waals surface area contributed by atoms with Gasteiger partial charge in [0.25, 0.3) is 5.91 Å². The zero-order valence-corrected chi connectivity index (χ0v) is 18.6. The van der Waals surface area contributed by atoms with Crippen molar-refractivity contribution in [1.82, 2.24) is 10.2 Å². The summed E-state index contributed by atoms with van der Waals surface area (Å²) in [5.41, 5.74) is 2.25. The summed E-state index contributed by atoms with van der Waals surface area (Å²) in [6.45, 7) is 3.62. The molecule has 1 heterocycles. The van der Waals surface area contributed by atoms with Crippen molar-refractivity contribution in [2.75, 3.05) is 26.7 Å². The van der Waals surface area contributed by atoms with E-state index in [1.165, 1.54) is 31.5 Å². The van der Waals surface area contributed by atoms with Gasteiger partial charge < -0.3 is 15.0 Å². The van der Waals surface area contributed by atoms with Gasteiger partial charge in [-0.3, -0.25) is 4.79 Å². The number of likely N-dealkylation sites (tertiary alicyclic amines) is 1. The fraction of sp³-hybridized carbons (Fsp3) is 0.519. The SMILES string of the molecule is COc1cccc(C23CCN(CC4CC4)CC2CC[C@H](NC(=O)c2ccccc2)C3)c1. The first kappa shape index (κ1) is 20.6. The average molecular weight is 419 g/mol. The van der Waals surface area contributed by atoms with Crippen molar-refractivity contribution < 1.29 is 9.53 Å². The van der Waals surface area contributed by atoms with Crippen molar-refractivity contribution >= 4 is 5.91 Å². The van der Waals surface area contributed by atoms with Gasteiger partial charge >= 0.3 is 0 Å². The van der Waals surface area contributed by atoms with Crippen LogP contribution < -0.4 is 10.1 Å². The van der Waals surface area contributed by atoms with E-state index in [1.54, 1.807) is 7.11 Å². The molecule has 1 N–H and O–H groups in total. The van der Waals surface area contributed by atoms with Crippen LogP contribution in [0.15, 0.2) is 54.6 Å². The summed E-state index contributed by atoms with van der Waals surface area (Å²) in [5, 5.41) is 3.36. The Labute approximate surface area is 186 Å². The molecule has 5 rings (SSSR count). The van der Waals surface area contributed by atoms with Crippen LogP contribution in [0.25, 0.3) is 0 Å². The molecule has 2 unspecified atom stereocenters. The Morgan fingerprint density at radius 2 is 1.94 bits per heavy atom. The molecule has 31 heavy (non-hydrogen) atoms. The zero-order chi connectivity index (χ0) is 21.3. The fourth-order valence-electron chi connectivity index (χ4n) is 5.96. The molecule has 1 saturated heterocycles. The van der Waals surface area contributed by atoms with Crippen LogP contribution in [-0.4, -0.2) is 43.6 Å². The van der Waals surface area contributed by atoms with Crippen LogP contribution in [-0.2, 0) is 5.41 Å². The quantitative estimate of drug-likeness (QED) is 0.743. The molecule has 4 nitrogen and oxygen atoms in total. The summed E-state index contributed by atoms with van der Waals surface area (Å²) in [5.74, 6) is 2.56. The number of methoxy groups -OCH3 is 1. The van der Waals surface area contributed by atoms with Crippen molar-refractivity contribution in [3.05, 3.63) is 65.7 Å². The molecule has 0 spiro atoms. The van der Waals surface area contributed by atoms with Crippen molar-refractivity contribution in [3.8, 4) is 5.75 Å². The van der Waals surface area contributed by atoms with E-state index < -0.39 is 0 Å². The minimum Gasteiger partial charge on any atom is -0.497 e. The molecule has 3 atom stereocenters. The molecule has 164 valence electrons. The molecule has 0 radical (unpaired) electrons. The van der Waals surface area contributed by atoms with E-state index in [0.29, 0.717) is 5.92 Å². The van der Waals surface area contributed by atoms with E-state index in [4.69, 9.17) is 4.74 Å². The van der Waals surface area contributed by atoms with Gasteiger partial charge in [0.2, 0.25) is 0 Å². The molecule has 2 saturated carbocycles. The molecule has 2 aromatic carbocycles. The van der Waals surface area contributed by atoms with Crippen LogP contribution in [0.2, 0.25) is 0 Å². The zero-order valence-electron chi connectivity index (χ0n) is 18.6. The van der Waals surface area contributed by atoms with Gasteiger partial charge in [-0.15, -0.1) is 0 Å². The number of nitrogens with zero attached hydrogens (tertiary/aromatic N) is 1. The summed E-state index contributed by atoms with van der Waals surface area (Å²) in [6.07, 6.45) is 7.23. The number of hydrogen-bond donors (Lipinski definition) is 1. The normalized spacial score (nSPS) is 28.5. The molecule has 0 bridgehead atoms. The smallest absolute Gasteiger partial charge is 0.251 e. The number of fused-ring (bicyclic) bond motifs is 1. The van der Waals surface area contributed by atoms with Crippen LogP contribution in [0.5, 0.6) is 5.75 Å². The number of amides is 1. The van der Waals surface area contributed by atoms with E-state index in [9.17, 15) is 4.79 Å². The maximum Gasteiger partial charge on any atom is 0.251 e. The van der Waals surface area contributed by atoms with Crippen molar-refractivity contribution in [2.45, 2.75) is 50.0 Å². The lowest BCUT2D eigenvalue weighted by Crippen LogP contribution is -2.56. The van der Waals surface area contributed by atoms with Gasteiger partial charge in [-0.25, -0.2) is 0 Å². The van der Waals surface area contributed by atoms with Gasteiger partial charge in [0.15, 0.2) is 0 Å². The first-order valence-corrected chi connectivity index (χ1v) is 11.9. The Hall–Kier alpha value is -2.33. The largest absolute Gasteiger partial charge is 0.497 e. The molecule has 4 heteroatoms. The van der Waals surface area contributed by atoms with Gasteiger partial charge in [0.1, 0.15) is 5.75 Å². The summed E-state index contributed by atoms with van der Waals surface area (Å²) >= 11 is 0. The first-order valence-electron chi connectivity index (χ1n) is 11.9. The topological polar surface area (TPSA) is 41.6 Å². The van der Waals surface area contributed by atoms with Crippen LogP contribution in [0.3, 0.4) is 0 Å². The third-order valence-corrected chi connectivity index (χ3v) is 7.84. The van der Waals surface area contributed by atoms with Gasteiger partial charge in [-0.05, 0) is 86.7 Å². The standard InChI is InChI=1S/C27H34N2O2/c1-31-25-9-5-8-22(16-25)27-14-15-29(18-20-10-11-20)19-23(27)12-13-24(17-27)28-26(30)21-6-3-2-4-7-21/h2-9,16,20,23-24H,10-15,17-19H2,1H3,(H,28,30)/t23?,24-,27?/m0/s1. The maximum atomic E-state index is 12.9. The molecule has 3 fully saturated rings. The second-order valence-electron chi connectivity index (χ2n) is 9.86. The van der Waals surface area contributed by atoms with Crippen LogP contribution in [0.1, 0.15) is 54.4 Å². The third kappa shape index (κ3) is 4.36. The molecular weight excluding hydrogens is 384 g/mol. The predicted octanol–water partition coefficient (Wildman–Crippen LogP) is 4.65. The highest BCUT2D eigenvalue weighted by molar-refractivity contribution is 5.94. The van der Waals surface area contributed by atoms with Crippen molar-refractivity contribution in [3.63, 3.8) is 0 Å². The number of carbonyl (C=O) groups excluding carboxylic acids is 1. The minimum absolute atomic E-state index is 0.0519. The molecule has 1 amide bonds. The van der Waals surface area contributed by atoms with Crippen LogP contribution in [0.4, 0.5) is 0 Å². The van der Waals surface area contributed by atoms with E-state index >= 15 is 0 Å². The van der Waals surface area contributed by atoms with E-state index in [-0.39, 0.29) is 17.4 Å². The molecule has 3 aliphatic rings. The lowest BCUT2D eigenvalue weighted by atomic mass is 9.58. The van der Waals surface area contributed by atoms with Gasteiger partial charge in [0.05, 0.1) is 7.11 Å². The Kier molecular flexibility index (Phi) is 5.75. The van der Waals surface area contributed by atoms with Crippen molar-refractivity contribution in [1.29, 1.82) is 0 Å². The fourth-order valence-corrected chi connectivity index (χ4v) is 5.96. The number of ether oxygens (including phenoxy) is 1. The number of hydrogen-bond acceptors (Lipinski definition) is 3. The molecule has 2 aliphatic carbocycles. The van der Waals surface area contributed by atoms with Crippen LogP contribution in [0, 0.1) is 11.8 Å². The highest BCUT2D eigenvalue weighted by Gasteiger charge is 2.48. The Morgan fingerprint density at radius 1 is 1.10 bits per heavy atom. The van der Waals surface area contributed by atoms with Crippen LogP contribution >= 0.6 is 0 Å². The minimum atomic E-state index is 0.0519. The molecular formula is C27H34N2O2. The summed E-state index contributed by atoms with van der Waals surface area (Å²) in [6, 6.07) is 18.5. The average Bonchev–Trinajstić information content (AvgIpc) is 3.64. The lowest BCUT2D eigenvalue weighted by Gasteiger charge is -2.53. The third-order valence-electron chi connectivity index (χ3n) is 7.84. The Balaban J connectivity index is 1.38. The summed E-state index contributed by atoms with van der Waals surface area (Å²) < 4.78 is 5.57. The number of piperidine rings is 1. The van der Waals surface area contributed by atoms with Crippen molar-refractivity contribution in [2.24, 2.45) is 11.8 Å². The Bertz CT molecular complexity index is 910. The molecule has 1 aliphatic heterocycles.